The molecule has 0 spiro atoms. The molecule has 0 radical (unpaired) electrons. The van der Waals surface area contributed by atoms with E-state index in [9.17, 15) is 14.7 Å². The first-order valence-corrected chi connectivity index (χ1v) is 11.9. The number of aromatic carboxylic acids is 1. The maximum Gasteiger partial charge on any atom is 0.514 e. The molecular weight excluding hydrogens is 447 g/mol. The van der Waals surface area contributed by atoms with Crippen molar-refractivity contribution in [2.75, 3.05) is 0 Å². The van der Waals surface area contributed by atoms with Crippen molar-refractivity contribution < 1.29 is 33.5 Å². The highest BCUT2D eigenvalue weighted by Gasteiger charge is 2.68. The van der Waals surface area contributed by atoms with Crippen molar-refractivity contribution in [2.45, 2.75) is 83.4 Å². The van der Waals surface area contributed by atoms with Crippen molar-refractivity contribution in [3.8, 4) is 5.75 Å². The Kier molecular flexibility index (Phi) is 6.03. The van der Waals surface area contributed by atoms with Gasteiger partial charge in [0.1, 0.15) is 11.2 Å². The number of hydrogen-bond donors (Lipinski definition) is 1. The van der Waals surface area contributed by atoms with Crippen LogP contribution in [0.2, 0.25) is 0 Å². The summed E-state index contributed by atoms with van der Waals surface area (Å²) in [5.41, 5.74) is -0.628. The van der Waals surface area contributed by atoms with E-state index >= 15 is 0 Å². The van der Waals surface area contributed by atoms with Gasteiger partial charge in [-0.05, 0) is 75.8 Å². The number of hydrogen-bond acceptors (Lipinski definition) is 6. The van der Waals surface area contributed by atoms with E-state index in [1.165, 1.54) is 6.07 Å². The van der Waals surface area contributed by atoms with Gasteiger partial charge in [-0.3, -0.25) is 0 Å². The fraction of sp³-hybridized carbons (Fsp3) is 0.667. The highest BCUT2D eigenvalue weighted by atomic mass is 35.5. The average molecular weight is 479 g/mol. The molecule has 0 aromatic heterocycles. The van der Waals surface area contributed by atoms with Crippen LogP contribution in [-0.2, 0) is 20.5 Å². The Morgan fingerprint density at radius 2 is 1.97 bits per heavy atom. The standard InChI is InChI=1S/C24H32BClO7/c1-22(2,3)31-21(29)30-19-13(8-7-9-15(19)20(27)28)10-18(26)25-32-17-12-14-11-16(23(14,4)5)24(17,6)33-25/h7-9,14,16-18H,10-12H2,1-6H3,(H,27,28)/t14-,16-,17+,18+,24-/m0/s1. The lowest BCUT2D eigenvalue weighted by Gasteiger charge is -2.64. The zero-order valence-corrected chi connectivity index (χ0v) is 20.8. The number of alkyl halides is 1. The second-order valence-electron chi connectivity index (χ2n) is 11.2. The van der Waals surface area contributed by atoms with E-state index in [2.05, 4.69) is 20.8 Å². The number of carbonyl (C=O) groups is 2. The lowest BCUT2D eigenvalue weighted by molar-refractivity contribution is -0.199. The number of ether oxygens (including phenoxy) is 2. The van der Waals surface area contributed by atoms with Crippen LogP contribution in [0.3, 0.4) is 0 Å². The molecule has 3 saturated carbocycles. The number of rotatable bonds is 5. The molecule has 4 fully saturated rings. The minimum atomic E-state index is -1.21. The SMILES string of the molecule is CC(C)(C)OC(=O)Oc1c(C[C@@H](Cl)B2O[C@@H]3C[C@@H]4C[C@@H](C4(C)C)[C@]3(C)O2)cccc1C(=O)O. The fourth-order valence-corrected chi connectivity index (χ4v) is 6.03. The van der Waals surface area contributed by atoms with Gasteiger partial charge in [-0.2, -0.15) is 0 Å². The fourth-order valence-electron chi connectivity index (χ4n) is 5.75. The van der Waals surface area contributed by atoms with E-state index in [1.807, 2.05) is 0 Å². The highest BCUT2D eigenvalue weighted by molar-refractivity contribution is 6.60. The molecule has 3 aliphatic carbocycles. The number of carboxylic acids is 1. The summed E-state index contributed by atoms with van der Waals surface area (Å²) in [7, 11) is -0.639. The minimum absolute atomic E-state index is 0.0108. The summed E-state index contributed by atoms with van der Waals surface area (Å²) in [5, 5.41) is 9.02. The Morgan fingerprint density at radius 3 is 2.58 bits per heavy atom. The molecular formula is C24H32BClO7. The molecule has 7 nitrogen and oxygen atoms in total. The molecule has 1 aromatic rings. The van der Waals surface area contributed by atoms with E-state index in [4.69, 9.17) is 30.4 Å². The topological polar surface area (TPSA) is 91.3 Å². The van der Waals surface area contributed by atoms with Crippen LogP contribution in [0.25, 0.3) is 0 Å². The van der Waals surface area contributed by atoms with Crippen LogP contribution < -0.4 is 4.74 Å². The molecule has 9 heteroatoms. The van der Waals surface area contributed by atoms with Crippen LogP contribution >= 0.6 is 11.6 Å². The Bertz CT molecular complexity index is 959. The predicted molar refractivity (Wildman–Crippen MR) is 124 cm³/mol. The van der Waals surface area contributed by atoms with Crippen molar-refractivity contribution in [1.82, 2.24) is 0 Å². The summed E-state index contributed by atoms with van der Waals surface area (Å²) in [5.74, 6) is -0.257. The van der Waals surface area contributed by atoms with Gasteiger partial charge in [0.25, 0.3) is 0 Å². The summed E-state index contributed by atoms with van der Waals surface area (Å²) >= 11 is 6.76. The summed E-state index contributed by atoms with van der Waals surface area (Å²) in [6.07, 6.45) is 1.30. The molecule has 1 saturated heterocycles. The minimum Gasteiger partial charge on any atom is -0.478 e. The number of benzene rings is 1. The molecule has 1 aliphatic heterocycles. The maximum atomic E-state index is 12.3. The smallest absolute Gasteiger partial charge is 0.478 e. The zero-order chi connectivity index (χ0) is 24.3. The molecule has 2 bridgehead atoms. The van der Waals surface area contributed by atoms with Crippen molar-refractivity contribution in [2.24, 2.45) is 17.3 Å². The summed E-state index contributed by atoms with van der Waals surface area (Å²) in [6.45, 7) is 11.8. The van der Waals surface area contributed by atoms with Crippen LogP contribution in [0, 0.1) is 17.3 Å². The van der Waals surface area contributed by atoms with Gasteiger partial charge in [-0.1, -0.05) is 26.0 Å². The van der Waals surface area contributed by atoms with Crippen LogP contribution in [0.5, 0.6) is 5.75 Å². The quantitative estimate of drug-likeness (QED) is 0.272. The first kappa shape index (κ1) is 24.4. The second-order valence-corrected chi connectivity index (χ2v) is 11.8. The maximum absolute atomic E-state index is 12.3. The molecule has 1 aromatic carbocycles. The van der Waals surface area contributed by atoms with Crippen molar-refractivity contribution in [3.63, 3.8) is 0 Å². The molecule has 5 rings (SSSR count). The van der Waals surface area contributed by atoms with Crippen molar-refractivity contribution in [3.05, 3.63) is 29.3 Å². The summed E-state index contributed by atoms with van der Waals surface area (Å²) < 4.78 is 23.3. The first-order chi connectivity index (χ1) is 15.2. The third kappa shape index (κ3) is 4.37. The Labute approximate surface area is 200 Å². The zero-order valence-electron chi connectivity index (χ0n) is 20.0. The third-order valence-electron chi connectivity index (χ3n) is 7.58. The van der Waals surface area contributed by atoms with Crippen LogP contribution in [-0.4, -0.2) is 46.9 Å². The van der Waals surface area contributed by atoms with E-state index < -0.39 is 35.7 Å². The molecule has 4 aliphatic rings. The van der Waals surface area contributed by atoms with Gasteiger partial charge in [0.15, 0.2) is 5.75 Å². The summed E-state index contributed by atoms with van der Waals surface area (Å²) in [6, 6.07) is 4.66. The van der Waals surface area contributed by atoms with E-state index in [1.54, 1.807) is 32.9 Å². The predicted octanol–water partition coefficient (Wildman–Crippen LogP) is 5.12. The van der Waals surface area contributed by atoms with Crippen LogP contribution in [0.4, 0.5) is 4.79 Å². The average Bonchev–Trinajstić information content (AvgIpc) is 3.04. The molecule has 0 unspecified atom stereocenters. The largest absolute Gasteiger partial charge is 0.514 e. The molecule has 180 valence electrons. The molecule has 1 N–H and O–H groups in total. The van der Waals surface area contributed by atoms with Gasteiger partial charge in [0.2, 0.25) is 0 Å². The van der Waals surface area contributed by atoms with Gasteiger partial charge < -0.3 is 23.9 Å². The molecule has 0 amide bonds. The molecule has 33 heavy (non-hydrogen) atoms. The molecule has 5 atom stereocenters. The van der Waals surface area contributed by atoms with Gasteiger partial charge in [0.05, 0.1) is 17.0 Å². The van der Waals surface area contributed by atoms with E-state index in [0.717, 1.165) is 12.8 Å². The summed E-state index contributed by atoms with van der Waals surface area (Å²) in [4.78, 5) is 24.1. The van der Waals surface area contributed by atoms with E-state index in [-0.39, 0.29) is 29.3 Å². The lowest BCUT2D eigenvalue weighted by atomic mass is 9.43. The monoisotopic (exact) mass is 478 g/mol. The highest BCUT2D eigenvalue weighted by Crippen LogP contribution is 2.65. The number of halogens is 1. The normalized spacial score (nSPS) is 30.8. The van der Waals surface area contributed by atoms with Gasteiger partial charge in [-0.25, -0.2) is 9.59 Å². The number of para-hydroxylation sites is 1. The Balaban J connectivity index is 1.53. The van der Waals surface area contributed by atoms with Crippen LogP contribution in [0.1, 0.15) is 70.3 Å². The lowest BCUT2D eigenvalue weighted by Crippen LogP contribution is -2.65. The van der Waals surface area contributed by atoms with Crippen molar-refractivity contribution >= 4 is 30.8 Å². The number of carboxylic acid groups (broad SMARTS) is 1. The van der Waals surface area contributed by atoms with Gasteiger partial charge in [-0.15, -0.1) is 11.6 Å². The Hall–Kier alpha value is -1.77. The Morgan fingerprint density at radius 1 is 1.27 bits per heavy atom. The second kappa shape index (κ2) is 8.17. The molecule has 1 heterocycles. The third-order valence-corrected chi connectivity index (χ3v) is 7.94. The van der Waals surface area contributed by atoms with Gasteiger partial charge >= 0.3 is 19.2 Å². The van der Waals surface area contributed by atoms with E-state index in [0.29, 0.717) is 17.4 Å². The van der Waals surface area contributed by atoms with Crippen LogP contribution in [0.15, 0.2) is 18.2 Å². The number of carbonyl (C=O) groups excluding carboxylic acids is 1. The van der Waals surface area contributed by atoms with Gasteiger partial charge in [0, 0.05) is 0 Å². The first-order valence-electron chi connectivity index (χ1n) is 11.5. The van der Waals surface area contributed by atoms with Crippen molar-refractivity contribution in [1.29, 1.82) is 0 Å².